The Morgan fingerprint density at radius 3 is 2.12 bits per heavy atom. The SMILES string of the molecule is CC(=O)OC[C@@H]1O[C@H](Sc2nc3ccccc3[nH]2)[C@H](OC(C)=O)[C@H](OC(C)=O)[C@H]1OC(C)=O. The second-order valence-corrected chi connectivity index (χ2v) is 8.33. The predicted octanol–water partition coefficient (Wildman–Crippen LogP) is 1.74. The van der Waals surface area contributed by atoms with Crippen LogP contribution in [-0.2, 0) is 42.9 Å². The normalized spacial score (nSPS) is 24.7. The molecule has 0 spiro atoms. The molecule has 33 heavy (non-hydrogen) atoms. The number of nitrogens with one attached hydrogen (secondary N) is 1. The summed E-state index contributed by atoms with van der Waals surface area (Å²) in [5, 5.41) is 0.456. The van der Waals surface area contributed by atoms with Gasteiger partial charge in [0.2, 0.25) is 0 Å². The van der Waals surface area contributed by atoms with E-state index in [2.05, 4.69) is 9.97 Å². The average Bonchev–Trinajstić information content (AvgIpc) is 3.12. The molecule has 178 valence electrons. The Morgan fingerprint density at radius 1 is 0.909 bits per heavy atom. The van der Waals surface area contributed by atoms with Crippen LogP contribution < -0.4 is 0 Å². The van der Waals surface area contributed by atoms with Crippen molar-refractivity contribution in [1.29, 1.82) is 0 Å². The van der Waals surface area contributed by atoms with Crippen molar-refractivity contribution in [1.82, 2.24) is 9.97 Å². The van der Waals surface area contributed by atoms with Crippen molar-refractivity contribution in [3.8, 4) is 0 Å². The lowest BCUT2D eigenvalue weighted by Gasteiger charge is -2.43. The third kappa shape index (κ3) is 6.45. The van der Waals surface area contributed by atoms with E-state index in [9.17, 15) is 19.2 Å². The number of ether oxygens (including phenoxy) is 5. The minimum absolute atomic E-state index is 0.283. The summed E-state index contributed by atoms with van der Waals surface area (Å²) in [5.74, 6) is -2.60. The Balaban J connectivity index is 1.98. The maximum Gasteiger partial charge on any atom is 0.303 e. The average molecular weight is 480 g/mol. The van der Waals surface area contributed by atoms with Gasteiger partial charge in [-0.25, -0.2) is 4.98 Å². The predicted molar refractivity (Wildman–Crippen MR) is 114 cm³/mol. The quantitative estimate of drug-likeness (QED) is 0.457. The molecule has 1 saturated heterocycles. The number of rotatable bonds is 7. The first-order valence-corrected chi connectivity index (χ1v) is 10.9. The number of aromatic nitrogens is 2. The summed E-state index contributed by atoms with van der Waals surface area (Å²) in [7, 11) is 0. The van der Waals surface area contributed by atoms with E-state index in [-0.39, 0.29) is 6.61 Å². The highest BCUT2D eigenvalue weighted by Crippen LogP contribution is 2.37. The van der Waals surface area contributed by atoms with Crippen LogP contribution in [0.4, 0.5) is 0 Å². The zero-order valence-corrected chi connectivity index (χ0v) is 19.2. The molecule has 0 aliphatic carbocycles. The monoisotopic (exact) mass is 480 g/mol. The van der Waals surface area contributed by atoms with Crippen LogP contribution in [0.2, 0.25) is 0 Å². The minimum Gasteiger partial charge on any atom is -0.463 e. The van der Waals surface area contributed by atoms with Gasteiger partial charge in [0.05, 0.1) is 11.0 Å². The zero-order chi connectivity index (χ0) is 24.1. The van der Waals surface area contributed by atoms with E-state index in [1.54, 1.807) is 0 Å². The fourth-order valence-electron chi connectivity index (χ4n) is 3.38. The molecule has 0 unspecified atom stereocenters. The molecule has 1 fully saturated rings. The molecule has 5 atom stereocenters. The van der Waals surface area contributed by atoms with Gasteiger partial charge in [0.15, 0.2) is 28.9 Å². The molecule has 0 radical (unpaired) electrons. The summed E-state index contributed by atoms with van der Waals surface area (Å²) in [6, 6.07) is 7.36. The molecule has 11 nitrogen and oxygen atoms in total. The fraction of sp³-hybridized carbons (Fsp3) is 0.476. The van der Waals surface area contributed by atoms with Gasteiger partial charge in [0, 0.05) is 27.7 Å². The van der Waals surface area contributed by atoms with Crippen molar-refractivity contribution in [2.75, 3.05) is 6.61 Å². The van der Waals surface area contributed by atoms with E-state index in [0.29, 0.717) is 10.7 Å². The van der Waals surface area contributed by atoms with Crippen molar-refractivity contribution in [2.24, 2.45) is 0 Å². The molecular formula is C21H24N2O9S. The van der Waals surface area contributed by atoms with Gasteiger partial charge in [-0.15, -0.1) is 0 Å². The maximum atomic E-state index is 11.9. The van der Waals surface area contributed by atoms with Crippen LogP contribution >= 0.6 is 11.8 Å². The number of hydrogen-bond acceptors (Lipinski definition) is 11. The highest BCUT2D eigenvalue weighted by Gasteiger charge is 2.52. The number of esters is 4. The number of H-pyrrole nitrogens is 1. The minimum atomic E-state index is -1.22. The molecule has 2 heterocycles. The van der Waals surface area contributed by atoms with E-state index < -0.39 is 53.7 Å². The number of aromatic amines is 1. The number of imidazole rings is 1. The molecule has 3 rings (SSSR count). The number of carbonyl (C=O) groups excluding carboxylic acids is 4. The number of thioether (sulfide) groups is 1. The number of hydrogen-bond donors (Lipinski definition) is 1. The van der Waals surface area contributed by atoms with Crippen LogP contribution in [0.1, 0.15) is 27.7 Å². The number of carbonyl (C=O) groups is 4. The van der Waals surface area contributed by atoms with E-state index in [1.165, 1.54) is 27.7 Å². The summed E-state index contributed by atoms with van der Waals surface area (Å²) >= 11 is 1.09. The lowest BCUT2D eigenvalue weighted by molar-refractivity contribution is -0.237. The van der Waals surface area contributed by atoms with Crippen LogP contribution in [0, 0.1) is 0 Å². The molecule has 1 aliphatic rings. The first-order valence-electron chi connectivity index (χ1n) is 10.1. The Labute approximate surface area is 193 Å². The molecule has 0 bridgehead atoms. The van der Waals surface area contributed by atoms with Crippen molar-refractivity contribution in [3.05, 3.63) is 24.3 Å². The van der Waals surface area contributed by atoms with Crippen LogP contribution in [0.25, 0.3) is 11.0 Å². The summed E-state index contributed by atoms with van der Waals surface area (Å²) in [6.45, 7) is 4.47. The van der Waals surface area contributed by atoms with Crippen LogP contribution in [-0.4, -0.2) is 70.3 Å². The Morgan fingerprint density at radius 2 is 1.52 bits per heavy atom. The van der Waals surface area contributed by atoms with E-state index in [0.717, 1.165) is 17.3 Å². The standard InChI is InChI=1S/C21H24N2O9S/c1-10(24)28-9-16-17(29-11(2)25)18(30-12(3)26)19(31-13(4)27)20(32-16)33-21-22-14-7-5-6-8-15(14)23-21/h5-8,16-20H,9H2,1-4H3,(H,22,23)/t16-,17-,18+,19+,20+/m0/s1. The second-order valence-electron chi connectivity index (χ2n) is 7.24. The van der Waals surface area contributed by atoms with Gasteiger partial charge in [0.25, 0.3) is 0 Å². The fourth-order valence-corrected chi connectivity index (χ4v) is 4.46. The topological polar surface area (TPSA) is 143 Å². The largest absolute Gasteiger partial charge is 0.463 e. The highest BCUT2D eigenvalue weighted by molar-refractivity contribution is 7.99. The number of benzene rings is 1. The van der Waals surface area contributed by atoms with Gasteiger partial charge < -0.3 is 28.7 Å². The van der Waals surface area contributed by atoms with Gasteiger partial charge in [0.1, 0.15) is 12.7 Å². The van der Waals surface area contributed by atoms with E-state index >= 15 is 0 Å². The summed E-state index contributed by atoms with van der Waals surface area (Å²) in [6.07, 6.45) is -4.56. The number of para-hydroxylation sites is 2. The van der Waals surface area contributed by atoms with E-state index in [4.69, 9.17) is 23.7 Å². The van der Waals surface area contributed by atoms with Crippen LogP contribution in [0.15, 0.2) is 29.4 Å². The first-order chi connectivity index (χ1) is 15.6. The van der Waals surface area contributed by atoms with Gasteiger partial charge >= 0.3 is 23.9 Å². The third-order valence-corrected chi connectivity index (χ3v) is 5.57. The molecular weight excluding hydrogens is 456 g/mol. The Kier molecular flexibility index (Phi) is 7.92. The smallest absolute Gasteiger partial charge is 0.303 e. The summed E-state index contributed by atoms with van der Waals surface area (Å²) in [4.78, 5) is 54.5. The van der Waals surface area contributed by atoms with Crippen molar-refractivity contribution in [3.63, 3.8) is 0 Å². The molecule has 2 aromatic rings. The van der Waals surface area contributed by atoms with Crippen molar-refractivity contribution in [2.45, 2.75) is 62.7 Å². The summed E-state index contributed by atoms with van der Waals surface area (Å²) in [5.41, 5.74) is 0.558. The van der Waals surface area contributed by atoms with Gasteiger partial charge in [-0.1, -0.05) is 23.9 Å². The lowest BCUT2D eigenvalue weighted by atomic mass is 9.99. The summed E-state index contributed by atoms with van der Waals surface area (Å²) < 4.78 is 27.4. The van der Waals surface area contributed by atoms with E-state index in [1.807, 2.05) is 24.3 Å². The van der Waals surface area contributed by atoms with Crippen LogP contribution in [0.5, 0.6) is 0 Å². The molecule has 1 aliphatic heterocycles. The number of fused-ring (bicyclic) bond motifs is 1. The van der Waals surface area contributed by atoms with Gasteiger partial charge in [-0.2, -0.15) is 0 Å². The molecule has 1 aromatic heterocycles. The number of nitrogens with zero attached hydrogens (tertiary/aromatic N) is 1. The Bertz CT molecular complexity index is 1010. The Hall–Kier alpha value is -3.12. The molecule has 0 saturated carbocycles. The van der Waals surface area contributed by atoms with Crippen LogP contribution in [0.3, 0.4) is 0 Å². The lowest BCUT2D eigenvalue weighted by Crippen LogP contribution is -2.61. The first kappa shape index (κ1) is 24.5. The maximum absolute atomic E-state index is 11.9. The third-order valence-electron chi connectivity index (χ3n) is 4.54. The van der Waals surface area contributed by atoms with Gasteiger partial charge in [-0.3, -0.25) is 19.2 Å². The van der Waals surface area contributed by atoms with Gasteiger partial charge in [-0.05, 0) is 12.1 Å². The second kappa shape index (κ2) is 10.7. The molecule has 12 heteroatoms. The molecule has 1 aromatic carbocycles. The van der Waals surface area contributed by atoms with Crippen molar-refractivity contribution >= 4 is 46.7 Å². The molecule has 1 N–H and O–H groups in total. The van der Waals surface area contributed by atoms with Crippen molar-refractivity contribution < 1.29 is 42.9 Å². The zero-order valence-electron chi connectivity index (χ0n) is 18.4. The highest BCUT2D eigenvalue weighted by atomic mass is 32.2. The molecule has 0 amide bonds.